The van der Waals surface area contributed by atoms with Crippen LogP contribution in [0.4, 0.5) is 10.1 Å². The largest absolute Gasteiger partial charge is 0.496 e. The highest BCUT2D eigenvalue weighted by atomic mass is 35.5. The van der Waals surface area contributed by atoms with Crippen molar-refractivity contribution in [3.05, 3.63) is 86.8 Å². The third-order valence-electron chi connectivity index (χ3n) is 9.71. The van der Waals surface area contributed by atoms with E-state index in [1.165, 1.54) is 20.3 Å². The highest BCUT2D eigenvalue weighted by molar-refractivity contribution is 6.31. The first kappa shape index (κ1) is 26.9. The Labute approximate surface area is 256 Å². The second-order valence-electron chi connectivity index (χ2n) is 11.8. The zero-order valence-electron chi connectivity index (χ0n) is 23.4. The van der Waals surface area contributed by atoms with Gasteiger partial charge in [0.15, 0.2) is 0 Å². The number of amides is 1. The molecule has 220 valence electrons. The molecule has 0 unspecified atom stereocenters. The van der Waals surface area contributed by atoms with E-state index in [0.29, 0.717) is 46.4 Å². The SMILES string of the molecule is COC(=O)c1cc2nn3c(c2cc1OC)C[C@H]1[C@@H]3[C@H](c2cccc(Cl)c2F)[C@]2(C(=O)Nc3cc(Cl)ccc32)N1CC1CC1. The van der Waals surface area contributed by atoms with Crippen LogP contribution in [0.1, 0.15) is 52.0 Å². The van der Waals surface area contributed by atoms with Crippen molar-refractivity contribution in [3.8, 4) is 5.75 Å². The summed E-state index contributed by atoms with van der Waals surface area (Å²) in [5, 5.41) is 9.45. The quantitative estimate of drug-likeness (QED) is 0.271. The summed E-state index contributed by atoms with van der Waals surface area (Å²) in [6.07, 6.45) is 2.73. The van der Waals surface area contributed by atoms with Gasteiger partial charge >= 0.3 is 5.97 Å². The van der Waals surface area contributed by atoms with Crippen LogP contribution in [0, 0.1) is 11.7 Å². The van der Waals surface area contributed by atoms with Gasteiger partial charge in [-0.05, 0) is 54.7 Å². The van der Waals surface area contributed by atoms with Crippen molar-refractivity contribution in [2.75, 3.05) is 26.1 Å². The Bertz CT molecular complexity index is 1870. The minimum Gasteiger partial charge on any atom is -0.496 e. The Morgan fingerprint density at radius 3 is 2.72 bits per heavy atom. The number of fused-ring (bicyclic) bond motifs is 7. The summed E-state index contributed by atoms with van der Waals surface area (Å²) in [5.41, 5.74) is 2.35. The number of nitrogens with one attached hydrogen (secondary N) is 1. The molecule has 3 aliphatic heterocycles. The smallest absolute Gasteiger partial charge is 0.341 e. The molecule has 1 aliphatic carbocycles. The molecule has 1 aromatic heterocycles. The number of carbonyl (C=O) groups is 2. The van der Waals surface area contributed by atoms with E-state index < -0.39 is 29.3 Å². The molecule has 4 heterocycles. The summed E-state index contributed by atoms with van der Waals surface area (Å²) in [4.78, 5) is 29.3. The maximum absolute atomic E-state index is 16.2. The summed E-state index contributed by atoms with van der Waals surface area (Å²) in [6, 6.07) is 13.3. The molecule has 11 heteroatoms. The Morgan fingerprint density at radius 2 is 1.98 bits per heavy atom. The zero-order valence-corrected chi connectivity index (χ0v) is 24.9. The average Bonchev–Trinajstić information content (AvgIpc) is 3.45. The molecule has 1 saturated heterocycles. The van der Waals surface area contributed by atoms with Gasteiger partial charge in [-0.15, -0.1) is 0 Å². The van der Waals surface area contributed by atoms with Crippen LogP contribution in [0.2, 0.25) is 10.0 Å². The van der Waals surface area contributed by atoms with Crippen molar-refractivity contribution in [2.24, 2.45) is 5.92 Å². The fourth-order valence-corrected chi connectivity index (χ4v) is 8.17. The van der Waals surface area contributed by atoms with Gasteiger partial charge in [0.2, 0.25) is 5.91 Å². The number of nitrogens with zero attached hydrogens (tertiary/aromatic N) is 3. The van der Waals surface area contributed by atoms with Gasteiger partial charge < -0.3 is 14.8 Å². The molecule has 4 atom stereocenters. The van der Waals surface area contributed by atoms with Gasteiger partial charge in [0.05, 0.1) is 30.8 Å². The van der Waals surface area contributed by atoms with Crippen LogP contribution in [-0.2, 0) is 21.5 Å². The van der Waals surface area contributed by atoms with Crippen molar-refractivity contribution >= 4 is 51.7 Å². The molecule has 1 saturated carbocycles. The van der Waals surface area contributed by atoms with Crippen LogP contribution < -0.4 is 10.1 Å². The normalized spacial score (nSPS) is 25.6. The minimum absolute atomic E-state index is 0.00381. The number of anilines is 1. The van der Waals surface area contributed by atoms with Gasteiger partial charge in [-0.1, -0.05) is 41.4 Å². The predicted molar refractivity (Wildman–Crippen MR) is 159 cm³/mol. The molecule has 1 spiro atoms. The molecular formula is C32H27Cl2FN4O4. The number of esters is 1. The summed E-state index contributed by atoms with van der Waals surface area (Å²) in [5.74, 6) is -1.13. The summed E-state index contributed by atoms with van der Waals surface area (Å²) < 4.78 is 28.7. The Balaban J connectivity index is 1.41. The van der Waals surface area contributed by atoms with E-state index in [0.717, 1.165) is 29.5 Å². The lowest BCUT2D eigenvalue weighted by molar-refractivity contribution is -0.128. The summed E-state index contributed by atoms with van der Waals surface area (Å²) in [7, 11) is 2.82. The molecule has 43 heavy (non-hydrogen) atoms. The van der Waals surface area contributed by atoms with Crippen LogP contribution in [0.15, 0.2) is 48.5 Å². The average molecular weight is 621 g/mol. The first-order valence-electron chi connectivity index (χ1n) is 14.3. The fraction of sp³-hybridized carbons (Fsp3) is 0.344. The van der Waals surface area contributed by atoms with E-state index in [1.54, 1.807) is 30.3 Å². The van der Waals surface area contributed by atoms with E-state index in [-0.39, 0.29) is 22.5 Å². The molecule has 0 radical (unpaired) electrons. The standard InChI is InChI=1S/C32H27Cl2FN4O4/c1-42-26-12-18-22(11-19(26)30(40)43-2)37-39-24(18)13-25-29(39)27(17-4-3-5-21(34)28(17)35)32(38(25)14-15-6-7-15)20-9-8-16(33)10-23(20)36-31(32)41/h3-5,8-12,15,25,27,29H,6-7,13-14H2,1-2H3,(H,36,41)/t25-,27-,29+,32+/m0/s1. The number of aromatic nitrogens is 2. The molecule has 4 aromatic rings. The van der Waals surface area contributed by atoms with Crippen LogP contribution in [0.3, 0.4) is 0 Å². The number of rotatable bonds is 5. The number of halogens is 3. The van der Waals surface area contributed by atoms with Gasteiger partial charge in [0.1, 0.15) is 22.7 Å². The number of carbonyl (C=O) groups excluding carboxylic acids is 2. The summed E-state index contributed by atoms with van der Waals surface area (Å²) >= 11 is 12.8. The van der Waals surface area contributed by atoms with E-state index in [9.17, 15) is 9.59 Å². The Morgan fingerprint density at radius 1 is 1.16 bits per heavy atom. The van der Waals surface area contributed by atoms with Crippen molar-refractivity contribution in [1.29, 1.82) is 0 Å². The van der Waals surface area contributed by atoms with Crippen molar-refractivity contribution in [2.45, 2.75) is 42.8 Å². The lowest BCUT2D eigenvalue weighted by Crippen LogP contribution is -2.53. The third-order valence-corrected chi connectivity index (χ3v) is 10.2. The highest BCUT2D eigenvalue weighted by Gasteiger charge is 2.69. The Kier molecular flexibility index (Phi) is 5.90. The van der Waals surface area contributed by atoms with E-state index in [2.05, 4.69) is 10.2 Å². The number of benzene rings is 3. The third kappa shape index (κ3) is 3.62. The van der Waals surface area contributed by atoms with E-state index in [4.69, 9.17) is 37.8 Å². The van der Waals surface area contributed by atoms with Crippen molar-refractivity contribution in [3.63, 3.8) is 0 Å². The van der Waals surface area contributed by atoms with Gasteiger partial charge in [-0.25, -0.2) is 9.18 Å². The van der Waals surface area contributed by atoms with Gasteiger partial charge in [-0.2, -0.15) is 5.10 Å². The number of methoxy groups -OCH3 is 2. The van der Waals surface area contributed by atoms with Crippen molar-refractivity contribution < 1.29 is 23.5 Å². The number of likely N-dealkylation sites (tertiary alicyclic amines) is 1. The highest BCUT2D eigenvalue weighted by Crippen LogP contribution is 2.64. The lowest BCUT2D eigenvalue weighted by Gasteiger charge is -2.40. The topological polar surface area (TPSA) is 85.7 Å². The van der Waals surface area contributed by atoms with Gasteiger partial charge in [-0.3, -0.25) is 14.4 Å². The molecule has 0 bridgehead atoms. The second-order valence-corrected chi connectivity index (χ2v) is 12.7. The summed E-state index contributed by atoms with van der Waals surface area (Å²) in [6.45, 7) is 0.688. The molecule has 1 N–H and O–H groups in total. The molecule has 3 aromatic carbocycles. The minimum atomic E-state index is -1.21. The van der Waals surface area contributed by atoms with Gasteiger partial charge in [0, 0.05) is 52.3 Å². The molecule has 8 nitrogen and oxygen atoms in total. The van der Waals surface area contributed by atoms with Crippen molar-refractivity contribution in [1.82, 2.24) is 14.7 Å². The number of hydrogen-bond acceptors (Lipinski definition) is 6. The molecule has 2 fully saturated rings. The van der Waals surface area contributed by atoms with Crippen LogP contribution in [0.25, 0.3) is 10.9 Å². The van der Waals surface area contributed by atoms with Crippen LogP contribution in [-0.4, -0.2) is 53.4 Å². The number of hydrogen-bond donors (Lipinski definition) is 1. The second kappa shape index (κ2) is 9.42. The maximum atomic E-state index is 16.2. The fourth-order valence-electron chi connectivity index (χ4n) is 7.81. The predicted octanol–water partition coefficient (Wildman–Crippen LogP) is 6.10. The zero-order chi connectivity index (χ0) is 29.8. The van der Waals surface area contributed by atoms with Crippen LogP contribution in [0.5, 0.6) is 5.75 Å². The monoisotopic (exact) mass is 620 g/mol. The maximum Gasteiger partial charge on any atom is 0.341 e. The molecule has 4 aliphatic rings. The van der Waals surface area contributed by atoms with E-state index >= 15 is 4.39 Å². The molecular weight excluding hydrogens is 594 g/mol. The van der Waals surface area contributed by atoms with Crippen LogP contribution >= 0.6 is 23.2 Å². The first-order valence-corrected chi connectivity index (χ1v) is 15.0. The lowest BCUT2D eigenvalue weighted by atomic mass is 9.73. The van der Waals surface area contributed by atoms with E-state index in [1.807, 2.05) is 16.8 Å². The first-order chi connectivity index (χ1) is 20.8. The molecule has 8 rings (SSSR count). The Hall–Kier alpha value is -3.66. The number of ether oxygens (including phenoxy) is 2. The van der Waals surface area contributed by atoms with Gasteiger partial charge in [0.25, 0.3) is 0 Å². The molecule has 1 amide bonds.